The Morgan fingerprint density at radius 2 is 1.87 bits per heavy atom. The van der Waals surface area contributed by atoms with Gasteiger partial charge in [0.25, 0.3) is 5.91 Å². The SMILES string of the molecule is Cc1ccc(C(=O)OCC(=O)Nc2ccc(F)c(Cl)c2)cc1C. The minimum Gasteiger partial charge on any atom is -0.452 e. The quantitative estimate of drug-likeness (QED) is 0.862. The van der Waals surface area contributed by atoms with Crippen LogP contribution < -0.4 is 5.32 Å². The number of aryl methyl sites for hydroxylation is 2. The van der Waals surface area contributed by atoms with E-state index in [1.807, 2.05) is 19.9 Å². The van der Waals surface area contributed by atoms with Crippen LogP contribution in [0.3, 0.4) is 0 Å². The number of hydrogen-bond donors (Lipinski definition) is 1. The Morgan fingerprint density at radius 1 is 1.13 bits per heavy atom. The summed E-state index contributed by atoms with van der Waals surface area (Å²) in [4.78, 5) is 23.6. The van der Waals surface area contributed by atoms with Gasteiger partial charge in [0, 0.05) is 5.69 Å². The number of esters is 1. The minimum absolute atomic E-state index is 0.102. The van der Waals surface area contributed by atoms with Gasteiger partial charge >= 0.3 is 5.97 Å². The number of anilines is 1. The average molecular weight is 336 g/mol. The van der Waals surface area contributed by atoms with Crippen molar-refractivity contribution in [2.24, 2.45) is 0 Å². The maximum atomic E-state index is 13.0. The Labute approximate surface area is 138 Å². The molecule has 4 nitrogen and oxygen atoms in total. The molecule has 6 heteroatoms. The first-order valence-electron chi connectivity index (χ1n) is 6.86. The summed E-state index contributed by atoms with van der Waals surface area (Å²) in [7, 11) is 0. The third kappa shape index (κ3) is 4.53. The van der Waals surface area contributed by atoms with Gasteiger partial charge in [0.15, 0.2) is 6.61 Å². The van der Waals surface area contributed by atoms with Crippen molar-refractivity contribution < 1.29 is 18.7 Å². The number of benzene rings is 2. The third-order valence-corrected chi connectivity index (χ3v) is 3.57. The smallest absolute Gasteiger partial charge is 0.338 e. The Hall–Kier alpha value is -2.40. The Bertz CT molecular complexity index is 761. The molecule has 0 radical (unpaired) electrons. The topological polar surface area (TPSA) is 55.4 Å². The first-order valence-corrected chi connectivity index (χ1v) is 7.24. The van der Waals surface area contributed by atoms with Gasteiger partial charge < -0.3 is 10.1 Å². The van der Waals surface area contributed by atoms with Crippen molar-refractivity contribution in [2.45, 2.75) is 13.8 Å². The van der Waals surface area contributed by atoms with Crippen molar-refractivity contribution in [1.29, 1.82) is 0 Å². The summed E-state index contributed by atoms with van der Waals surface area (Å²) in [5, 5.41) is 2.37. The van der Waals surface area contributed by atoms with Gasteiger partial charge in [0.1, 0.15) is 5.82 Å². The monoisotopic (exact) mass is 335 g/mol. The van der Waals surface area contributed by atoms with E-state index in [4.69, 9.17) is 16.3 Å². The van der Waals surface area contributed by atoms with Crippen LogP contribution in [0.2, 0.25) is 5.02 Å². The summed E-state index contributed by atoms with van der Waals surface area (Å²) in [5.74, 6) is -1.70. The average Bonchev–Trinajstić information content (AvgIpc) is 2.51. The summed E-state index contributed by atoms with van der Waals surface area (Å²) in [6.07, 6.45) is 0. The summed E-state index contributed by atoms with van der Waals surface area (Å²) in [6.45, 7) is 3.38. The lowest BCUT2D eigenvalue weighted by Gasteiger charge is -2.08. The van der Waals surface area contributed by atoms with Gasteiger partial charge in [-0.15, -0.1) is 0 Å². The number of hydrogen-bond acceptors (Lipinski definition) is 3. The van der Waals surface area contributed by atoms with Crippen LogP contribution in [-0.2, 0) is 9.53 Å². The number of carbonyl (C=O) groups excluding carboxylic acids is 2. The van der Waals surface area contributed by atoms with Crippen molar-refractivity contribution in [2.75, 3.05) is 11.9 Å². The van der Waals surface area contributed by atoms with E-state index < -0.39 is 24.3 Å². The van der Waals surface area contributed by atoms with Crippen LogP contribution in [0.4, 0.5) is 10.1 Å². The molecule has 0 unspecified atom stereocenters. The van der Waals surface area contributed by atoms with Gasteiger partial charge in [-0.1, -0.05) is 17.7 Å². The zero-order chi connectivity index (χ0) is 17.0. The van der Waals surface area contributed by atoms with Gasteiger partial charge in [0.05, 0.1) is 10.6 Å². The fraction of sp³-hybridized carbons (Fsp3) is 0.176. The predicted octanol–water partition coefficient (Wildman–Crippen LogP) is 3.89. The zero-order valence-corrected chi connectivity index (χ0v) is 13.4. The van der Waals surface area contributed by atoms with Crippen LogP contribution in [0.25, 0.3) is 0 Å². The maximum Gasteiger partial charge on any atom is 0.338 e. The van der Waals surface area contributed by atoms with Crippen LogP contribution in [0.15, 0.2) is 36.4 Å². The molecule has 2 aromatic carbocycles. The predicted molar refractivity (Wildman–Crippen MR) is 86.2 cm³/mol. The zero-order valence-electron chi connectivity index (χ0n) is 12.7. The lowest BCUT2D eigenvalue weighted by atomic mass is 10.1. The molecular weight excluding hydrogens is 321 g/mol. The molecule has 23 heavy (non-hydrogen) atoms. The number of nitrogens with one attached hydrogen (secondary N) is 1. The molecule has 0 aliphatic carbocycles. The van der Waals surface area contributed by atoms with E-state index in [0.29, 0.717) is 11.3 Å². The van der Waals surface area contributed by atoms with Gasteiger partial charge in [-0.05, 0) is 55.3 Å². The van der Waals surface area contributed by atoms with Gasteiger partial charge in [-0.3, -0.25) is 4.79 Å². The molecule has 1 amide bonds. The number of ether oxygens (including phenoxy) is 1. The highest BCUT2D eigenvalue weighted by Gasteiger charge is 2.11. The largest absolute Gasteiger partial charge is 0.452 e. The number of carbonyl (C=O) groups is 2. The number of rotatable bonds is 4. The van der Waals surface area contributed by atoms with Crippen LogP contribution >= 0.6 is 11.6 Å². The molecule has 1 N–H and O–H groups in total. The standard InChI is InChI=1S/C17H15ClFNO3/c1-10-3-4-12(7-11(10)2)17(22)23-9-16(21)20-13-5-6-15(19)14(18)8-13/h3-8H,9H2,1-2H3,(H,20,21). The second kappa shape index (κ2) is 7.24. The molecule has 0 fully saturated rings. The Morgan fingerprint density at radius 3 is 2.52 bits per heavy atom. The molecule has 0 aliphatic heterocycles. The molecule has 0 bridgehead atoms. The Kier molecular flexibility index (Phi) is 5.34. The highest BCUT2D eigenvalue weighted by Crippen LogP contribution is 2.19. The van der Waals surface area contributed by atoms with Crippen molar-refractivity contribution in [3.63, 3.8) is 0 Å². The van der Waals surface area contributed by atoms with E-state index in [9.17, 15) is 14.0 Å². The molecule has 0 aromatic heterocycles. The molecule has 0 atom stereocenters. The van der Waals surface area contributed by atoms with Crippen LogP contribution in [0.5, 0.6) is 0 Å². The summed E-state index contributed by atoms with van der Waals surface area (Å²) < 4.78 is 18.0. The summed E-state index contributed by atoms with van der Waals surface area (Å²) in [5.41, 5.74) is 2.73. The molecule has 0 spiro atoms. The number of amides is 1. The van der Waals surface area contributed by atoms with Crippen LogP contribution in [0.1, 0.15) is 21.5 Å². The number of halogens is 2. The molecule has 120 valence electrons. The second-order valence-corrected chi connectivity index (χ2v) is 5.46. The first-order chi connectivity index (χ1) is 10.9. The molecule has 0 saturated heterocycles. The third-order valence-electron chi connectivity index (χ3n) is 3.28. The second-order valence-electron chi connectivity index (χ2n) is 5.05. The summed E-state index contributed by atoms with van der Waals surface area (Å²) in [6, 6.07) is 8.94. The lowest BCUT2D eigenvalue weighted by molar-refractivity contribution is -0.119. The van der Waals surface area contributed by atoms with Crippen LogP contribution in [0, 0.1) is 19.7 Å². The van der Waals surface area contributed by atoms with Crippen molar-refractivity contribution in [1.82, 2.24) is 0 Å². The van der Waals surface area contributed by atoms with Crippen molar-refractivity contribution in [3.8, 4) is 0 Å². The minimum atomic E-state index is -0.583. The highest BCUT2D eigenvalue weighted by molar-refractivity contribution is 6.31. The van der Waals surface area contributed by atoms with Gasteiger partial charge in [0.2, 0.25) is 0 Å². The first kappa shape index (κ1) is 17.0. The molecule has 0 aliphatic rings. The summed E-state index contributed by atoms with van der Waals surface area (Å²) >= 11 is 5.62. The highest BCUT2D eigenvalue weighted by atomic mass is 35.5. The van der Waals surface area contributed by atoms with E-state index in [2.05, 4.69) is 5.32 Å². The van der Waals surface area contributed by atoms with Gasteiger partial charge in [-0.25, -0.2) is 9.18 Å². The molecule has 2 aromatic rings. The molecule has 0 heterocycles. The van der Waals surface area contributed by atoms with Crippen molar-refractivity contribution >= 4 is 29.2 Å². The maximum absolute atomic E-state index is 13.0. The fourth-order valence-electron chi connectivity index (χ4n) is 1.85. The molecule has 2 rings (SSSR count). The molecule has 0 saturated carbocycles. The lowest BCUT2D eigenvalue weighted by Crippen LogP contribution is -2.21. The van der Waals surface area contributed by atoms with Crippen LogP contribution in [-0.4, -0.2) is 18.5 Å². The van der Waals surface area contributed by atoms with E-state index in [0.717, 1.165) is 17.2 Å². The van der Waals surface area contributed by atoms with E-state index >= 15 is 0 Å². The van der Waals surface area contributed by atoms with Crippen molar-refractivity contribution in [3.05, 3.63) is 63.9 Å². The van der Waals surface area contributed by atoms with Gasteiger partial charge in [-0.2, -0.15) is 0 Å². The van der Waals surface area contributed by atoms with E-state index in [1.165, 1.54) is 12.1 Å². The Balaban J connectivity index is 1.91. The van der Waals surface area contributed by atoms with E-state index in [-0.39, 0.29) is 5.02 Å². The molecular formula is C17H15ClFNO3. The fourth-order valence-corrected chi connectivity index (χ4v) is 2.03. The normalized spacial score (nSPS) is 10.3. The van der Waals surface area contributed by atoms with E-state index in [1.54, 1.807) is 12.1 Å².